The van der Waals surface area contributed by atoms with Gasteiger partial charge in [-0.3, -0.25) is 9.78 Å². The summed E-state index contributed by atoms with van der Waals surface area (Å²) in [6.07, 6.45) is -0.691. The topological polar surface area (TPSA) is 123 Å². The van der Waals surface area contributed by atoms with Gasteiger partial charge in [0.1, 0.15) is 17.3 Å². The van der Waals surface area contributed by atoms with Gasteiger partial charge in [-0.2, -0.15) is 0 Å². The second kappa shape index (κ2) is 11.5. The van der Waals surface area contributed by atoms with Crippen LogP contribution < -0.4 is 20.1 Å². The lowest BCUT2D eigenvalue weighted by Crippen LogP contribution is -2.17. The highest BCUT2D eigenvalue weighted by atomic mass is 19.4. The fourth-order valence-corrected chi connectivity index (χ4v) is 3.60. The molecular formula is C27H21F3N4O5. The standard InChI is InChI=1S/C27H21F3N4O5/c1-38-23-7-5-17(11-22(23)25(35)34-20-10-19(26(36)37)13-31-15-20)18-6-8-24(33-14-18)32-12-16-3-2-4-21(9-16)39-27(28,29)30/h2-11,13-15H,12H2,1H3,(H,32,33)(H,34,35)(H,36,37). The first-order valence-corrected chi connectivity index (χ1v) is 11.3. The van der Waals surface area contributed by atoms with E-state index in [4.69, 9.17) is 9.84 Å². The number of alkyl halides is 3. The molecule has 12 heteroatoms. The molecular weight excluding hydrogens is 517 g/mol. The van der Waals surface area contributed by atoms with Crippen LogP contribution in [0.4, 0.5) is 24.7 Å². The van der Waals surface area contributed by atoms with Crippen LogP contribution in [0.25, 0.3) is 11.1 Å². The van der Waals surface area contributed by atoms with Crippen molar-refractivity contribution in [2.75, 3.05) is 17.7 Å². The molecule has 2 heterocycles. The first kappa shape index (κ1) is 26.9. The molecule has 0 aliphatic heterocycles. The molecule has 0 aliphatic carbocycles. The van der Waals surface area contributed by atoms with Crippen molar-refractivity contribution >= 4 is 23.4 Å². The molecule has 2 aromatic carbocycles. The van der Waals surface area contributed by atoms with Crippen molar-refractivity contribution in [3.8, 4) is 22.6 Å². The molecule has 1 amide bonds. The van der Waals surface area contributed by atoms with Gasteiger partial charge < -0.3 is 25.2 Å². The molecule has 0 bridgehead atoms. The first-order valence-electron chi connectivity index (χ1n) is 11.3. The quantitative estimate of drug-likeness (QED) is 0.251. The SMILES string of the molecule is COc1ccc(-c2ccc(NCc3cccc(OC(F)(F)F)c3)nc2)cc1C(=O)Nc1cncc(C(=O)O)c1. The van der Waals surface area contributed by atoms with Crippen molar-refractivity contribution in [3.05, 3.63) is 95.9 Å². The molecule has 39 heavy (non-hydrogen) atoms. The molecule has 2 aromatic heterocycles. The molecule has 0 saturated carbocycles. The third kappa shape index (κ3) is 7.22. The number of ether oxygens (including phenoxy) is 2. The van der Waals surface area contributed by atoms with Gasteiger partial charge in [-0.05, 0) is 53.6 Å². The Labute approximate surface area is 220 Å². The van der Waals surface area contributed by atoms with Crippen LogP contribution in [0.2, 0.25) is 0 Å². The predicted molar refractivity (Wildman–Crippen MR) is 136 cm³/mol. The predicted octanol–water partition coefficient (Wildman–Crippen LogP) is 5.61. The van der Waals surface area contributed by atoms with Crippen LogP contribution in [0.5, 0.6) is 11.5 Å². The maximum absolute atomic E-state index is 13.0. The van der Waals surface area contributed by atoms with Gasteiger partial charge in [0.25, 0.3) is 5.91 Å². The minimum Gasteiger partial charge on any atom is -0.496 e. The number of hydrogen-bond acceptors (Lipinski definition) is 7. The van der Waals surface area contributed by atoms with E-state index in [2.05, 4.69) is 25.3 Å². The molecule has 3 N–H and O–H groups in total. The summed E-state index contributed by atoms with van der Waals surface area (Å²) in [5, 5.41) is 14.8. The summed E-state index contributed by atoms with van der Waals surface area (Å²) in [5.41, 5.74) is 2.26. The van der Waals surface area contributed by atoms with Gasteiger partial charge in [-0.15, -0.1) is 13.2 Å². The van der Waals surface area contributed by atoms with Gasteiger partial charge in [-0.25, -0.2) is 9.78 Å². The average Bonchev–Trinajstić information content (AvgIpc) is 2.91. The summed E-state index contributed by atoms with van der Waals surface area (Å²) in [6, 6.07) is 15.4. The van der Waals surface area contributed by atoms with E-state index in [1.165, 1.54) is 43.8 Å². The van der Waals surface area contributed by atoms with Crippen LogP contribution in [0.1, 0.15) is 26.3 Å². The third-order valence-corrected chi connectivity index (χ3v) is 5.39. The van der Waals surface area contributed by atoms with Gasteiger partial charge in [0, 0.05) is 24.5 Å². The second-order valence-corrected chi connectivity index (χ2v) is 8.12. The molecule has 0 aliphatic rings. The number of anilines is 2. The number of rotatable bonds is 9. The minimum atomic E-state index is -4.77. The number of halogens is 3. The molecule has 0 atom stereocenters. The van der Waals surface area contributed by atoms with Crippen LogP contribution in [0, 0.1) is 0 Å². The smallest absolute Gasteiger partial charge is 0.496 e. The number of pyridine rings is 2. The Bertz CT molecular complexity index is 1490. The highest BCUT2D eigenvalue weighted by molar-refractivity contribution is 6.07. The number of carbonyl (C=O) groups is 2. The van der Waals surface area contributed by atoms with E-state index in [-0.39, 0.29) is 29.1 Å². The Hall–Kier alpha value is -5.13. The summed E-state index contributed by atoms with van der Waals surface area (Å²) < 4.78 is 46.6. The molecule has 0 radical (unpaired) electrons. The van der Waals surface area contributed by atoms with Gasteiger partial charge in [0.05, 0.1) is 30.1 Å². The number of aromatic carboxylic acids is 1. The van der Waals surface area contributed by atoms with Gasteiger partial charge in [-0.1, -0.05) is 18.2 Å². The van der Waals surface area contributed by atoms with Crippen LogP contribution in [0.3, 0.4) is 0 Å². The number of aromatic nitrogens is 2. The maximum Gasteiger partial charge on any atom is 0.573 e. The fraction of sp³-hybridized carbons (Fsp3) is 0.111. The lowest BCUT2D eigenvalue weighted by atomic mass is 10.0. The maximum atomic E-state index is 13.0. The average molecular weight is 538 g/mol. The minimum absolute atomic E-state index is 0.0735. The zero-order valence-corrected chi connectivity index (χ0v) is 20.3. The number of nitrogens with one attached hydrogen (secondary N) is 2. The Morgan fingerprint density at radius 3 is 2.46 bits per heavy atom. The van der Waals surface area contributed by atoms with E-state index in [1.807, 2.05) is 0 Å². The number of carboxylic acids is 1. The van der Waals surface area contributed by atoms with Crippen molar-refractivity contribution < 1.29 is 37.3 Å². The molecule has 9 nitrogen and oxygen atoms in total. The monoisotopic (exact) mass is 538 g/mol. The van der Waals surface area contributed by atoms with E-state index in [9.17, 15) is 22.8 Å². The van der Waals surface area contributed by atoms with Crippen molar-refractivity contribution in [1.29, 1.82) is 0 Å². The fourth-order valence-electron chi connectivity index (χ4n) is 3.60. The molecule has 200 valence electrons. The summed E-state index contributed by atoms with van der Waals surface area (Å²) in [4.78, 5) is 32.3. The van der Waals surface area contributed by atoms with Crippen molar-refractivity contribution in [2.45, 2.75) is 12.9 Å². The Morgan fingerprint density at radius 2 is 1.77 bits per heavy atom. The van der Waals surface area contributed by atoms with Crippen LogP contribution in [-0.4, -0.2) is 40.4 Å². The first-order chi connectivity index (χ1) is 18.6. The van der Waals surface area contributed by atoms with E-state index < -0.39 is 18.2 Å². The van der Waals surface area contributed by atoms with Crippen molar-refractivity contribution in [3.63, 3.8) is 0 Å². The highest BCUT2D eigenvalue weighted by Crippen LogP contribution is 2.28. The Balaban J connectivity index is 1.47. The van der Waals surface area contributed by atoms with Crippen molar-refractivity contribution in [1.82, 2.24) is 9.97 Å². The molecule has 0 spiro atoms. The lowest BCUT2D eigenvalue weighted by molar-refractivity contribution is -0.274. The highest BCUT2D eigenvalue weighted by Gasteiger charge is 2.31. The van der Waals surface area contributed by atoms with E-state index in [1.54, 1.807) is 42.6 Å². The summed E-state index contributed by atoms with van der Waals surface area (Å²) >= 11 is 0. The lowest BCUT2D eigenvalue weighted by Gasteiger charge is -2.12. The van der Waals surface area contributed by atoms with E-state index in [0.717, 1.165) is 0 Å². The number of benzene rings is 2. The zero-order chi connectivity index (χ0) is 28.0. The number of methoxy groups -OCH3 is 1. The third-order valence-electron chi connectivity index (χ3n) is 5.39. The van der Waals surface area contributed by atoms with Crippen LogP contribution in [-0.2, 0) is 6.54 Å². The summed E-state index contributed by atoms with van der Waals surface area (Å²) in [6.45, 7) is 0.214. The van der Waals surface area contributed by atoms with Gasteiger partial charge in [0.2, 0.25) is 0 Å². The number of carboxylic acid groups (broad SMARTS) is 1. The summed E-state index contributed by atoms with van der Waals surface area (Å²) in [7, 11) is 1.42. The molecule has 0 unspecified atom stereocenters. The molecule has 4 rings (SSSR count). The number of hydrogen-bond donors (Lipinski definition) is 3. The molecule has 0 fully saturated rings. The normalized spacial score (nSPS) is 11.0. The number of amides is 1. The van der Waals surface area contributed by atoms with Crippen molar-refractivity contribution in [2.24, 2.45) is 0 Å². The van der Waals surface area contributed by atoms with E-state index in [0.29, 0.717) is 28.3 Å². The van der Waals surface area contributed by atoms with Gasteiger partial charge in [0.15, 0.2) is 0 Å². The Kier molecular flexibility index (Phi) is 7.94. The van der Waals surface area contributed by atoms with Gasteiger partial charge >= 0.3 is 12.3 Å². The second-order valence-electron chi connectivity index (χ2n) is 8.12. The Morgan fingerprint density at radius 1 is 0.974 bits per heavy atom. The number of carbonyl (C=O) groups excluding carboxylic acids is 1. The summed E-state index contributed by atoms with van der Waals surface area (Å²) in [5.74, 6) is -1.22. The molecule has 4 aromatic rings. The van der Waals surface area contributed by atoms with E-state index >= 15 is 0 Å². The molecule has 0 saturated heterocycles. The van der Waals surface area contributed by atoms with Crippen LogP contribution >= 0.6 is 0 Å². The van der Waals surface area contributed by atoms with Crippen LogP contribution in [0.15, 0.2) is 79.3 Å². The zero-order valence-electron chi connectivity index (χ0n) is 20.3. The number of nitrogens with zero attached hydrogens (tertiary/aromatic N) is 2. The largest absolute Gasteiger partial charge is 0.573 e.